The number of anilines is 1. The van der Waals surface area contributed by atoms with E-state index in [1.54, 1.807) is 36.1 Å². The number of hydrogen-bond acceptors (Lipinski definition) is 6. The van der Waals surface area contributed by atoms with Crippen LogP contribution >= 0.6 is 23.2 Å². The number of ether oxygens (including phenoxy) is 1. The number of amides is 1. The van der Waals surface area contributed by atoms with Gasteiger partial charge in [0.05, 0.1) is 16.8 Å². The molecule has 4 aromatic rings. The first-order chi connectivity index (χ1) is 17.4. The number of hydrogen-bond donors (Lipinski definition) is 0. The third kappa shape index (κ3) is 4.89. The van der Waals surface area contributed by atoms with Gasteiger partial charge in [0.25, 0.3) is 5.91 Å². The Hall–Kier alpha value is -3.20. The summed E-state index contributed by atoms with van der Waals surface area (Å²) in [6, 6.07) is 14.5. The maximum atomic E-state index is 13.1. The fraction of sp³-hybridized carbons (Fsp3) is 0.308. The zero-order valence-corrected chi connectivity index (χ0v) is 21.6. The lowest BCUT2D eigenvalue weighted by Crippen LogP contribution is -2.35. The Balaban J connectivity index is 1.49. The quantitative estimate of drug-likeness (QED) is 0.368. The Labute approximate surface area is 219 Å². The van der Waals surface area contributed by atoms with Gasteiger partial charge >= 0.3 is 0 Å². The number of aryl methyl sites for hydroxylation is 1. The first-order valence-electron chi connectivity index (χ1n) is 11.8. The van der Waals surface area contributed by atoms with E-state index in [4.69, 9.17) is 43.0 Å². The molecule has 0 saturated carbocycles. The van der Waals surface area contributed by atoms with Crippen molar-refractivity contribution in [3.63, 3.8) is 0 Å². The Morgan fingerprint density at radius 2 is 1.81 bits per heavy atom. The number of fused-ring (bicyclic) bond motifs is 1. The predicted octanol–water partition coefficient (Wildman–Crippen LogP) is 4.93. The molecule has 2 aromatic heterocycles. The van der Waals surface area contributed by atoms with Gasteiger partial charge in [-0.25, -0.2) is 14.6 Å². The van der Waals surface area contributed by atoms with Gasteiger partial charge in [-0.1, -0.05) is 29.3 Å². The van der Waals surface area contributed by atoms with Crippen LogP contribution < -0.4 is 4.90 Å². The summed E-state index contributed by atoms with van der Waals surface area (Å²) in [5.74, 6) is 1.38. The van der Waals surface area contributed by atoms with E-state index in [0.717, 1.165) is 35.6 Å². The number of rotatable bonds is 5. The highest BCUT2D eigenvalue weighted by Crippen LogP contribution is 2.30. The number of halogens is 2. The van der Waals surface area contributed by atoms with E-state index in [0.29, 0.717) is 46.7 Å². The van der Waals surface area contributed by atoms with Crippen molar-refractivity contribution < 1.29 is 9.53 Å². The molecule has 3 heterocycles. The van der Waals surface area contributed by atoms with Crippen LogP contribution in [0.3, 0.4) is 0 Å². The molecular formula is C26H26Cl2N6O2. The minimum absolute atomic E-state index is 0.00591. The molecule has 1 amide bonds. The van der Waals surface area contributed by atoms with E-state index in [2.05, 4.69) is 4.90 Å². The largest absolute Gasteiger partial charge is 0.377 e. The minimum Gasteiger partial charge on any atom is -0.377 e. The summed E-state index contributed by atoms with van der Waals surface area (Å²) in [5.41, 5.74) is 2.98. The third-order valence-electron chi connectivity index (χ3n) is 6.23. The molecule has 10 heteroatoms. The zero-order valence-electron chi connectivity index (χ0n) is 20.1. The van der Waals surface area contributed by atoms with Crippen LogP contribution in [0.25, 0.3) is 16.7 Å². The lowest BCUT2D eigenvalue weighted by atomic mass is 10.2. The standard InChI is InChI=1S/C26H26Cl2N6O2/c1-17-23-24(32-11-4-12-33(14-13-32)26(35)18-7-9-19(27)10-8-18)29-22(16-36-2)30-25(23)34(31-17)21-6-3-5-20(28)15-21/h3,5-10,15H,4,11-14,16H2,1-2H3. The van der Waals surface area contributed by atoms with Crippen LogP contribution in [0.4, 0.5) is 5.82 Å². The Kier molecular flexibility index (Phi) is 7.09. The van der Waals surface area contributed by atoms with Gasteiger partial charge in [0.2, 0.25) is 0 Å². The molecule has 1 aliphatic rings. The molecule has 36 heavy (non-hydrogen) atoms. The smallest absolute Gasteiger partial charge is 0.253 e. The van der Waals surface area contributed by atoms with E-state index in [9.17, 15) is 4.79 Å². The summed E-state index contributed by atoms with van der Waals surface area (Å²) in [7, 11) is 1.62. The van der Waals surface area contributed by atoms with Gasteiger partial charge in [0, 0.05) is 48.9 Å². The summed E-state index contributed by atoms with van der Waals surface area (Å²) < 4.78 is 7.17. The number of nitrogens with zero attached hydrogens (tertiary/aromatic N) is 6. The molecule has 0 spiro atoms. The highest BCUT2D eigenvalue weighted by molar-refractivity contribution is 6.31. The SMILES string of the molecule is COCc1nc(N2CCCN(C(=O)c3ccc(Cl)cc3)CC2)c2c(C)nn(-c3cccc(Cl)c3)c2n1. The van der Waals surface area contributed by atoms with Crippen molar-refractivity contribution in [2.24, 2.45) is 0 Å². The molecule has 5 rings (SSSR count). The third-order valence-corrected chi connectivity index (χ3v) is 6.72. The van der Waals surface area contributed by atoms with Crippen LogP contribution in [0.15, 0.2) is 48.5 Å². The topological polar surface area (TPSA) is 76.4 Å². The lowest BCUT2D eigenvalue weighted by molar-refractivity contribution is 0.0767. The van der Waals surface area contributed by atoms with Crippen molar-refractivity contribution in [3.05, 3.63) is 75.7 Å². The maximum absolute atomic E-state index is 13.1. The van der Waals surface area contributed by atoms with E-state index >= 15 is 0 Å². The molecular weight excluding hydrogens is 499 g/mol. The Bertz CT molecular complexity index is 1410. The molecule has 8 nitrogen and oxygen atoms in total. The molecule has 0 N–H and O–H groups in total. The summed E-state index contributed by atoms with van der Waals surface area (Å²) in [6.07, 6.45) is 0.811. The summed E-state index contributed by atoms with van der Waals surface area (Å²) in [5, 5.41) is 6.90. The first kappa shape index (κ1) is 24.5. The normalized spacial score (nSPS) is 14.3. The molecule has 1 fully saturated rings. The van der Waals surface area contributed by atoms with Crippen molar-refractivity contribution in [2.75, 3.05) is 38.2 Å². The predicted molar refractivity (Wildman–Crippen MR) is 141 cm³/mol. The molecule has 0 atom stereocenters. The summed E-state index contributed by atoms with van der Waals surface area (Å²) >= 11 is 12.2. The van der Waals surface area contributed by atoms with Crippen molar-refractivity contribution in [2.45, 2.75) is 20.0 Å². The van der Waals surface area contributed by atoms with Crippen LogP contribution in [0.5, 0.6) is 0 Å². The van der Waals surface area contributed by atoms with Gasteiger partial charge < -0.3 is 14.5 Å². The van der Waals surface area contributed by atoms with E-state index in [1.807, 2.05) is 36.1 Å². The number of carbonyl (C=O) groups is 1. The Morgan fingerprint density at radius 3 is 2.56 bits per heavy atom. The molecule has 2 aromatic carbocycles. The second kappa shape index (κ2) is 10.4. The molecule has 186 valence electrons. The second-order valence-electron chi connectivity index (χ2n) is 8.71. The van der Waals surface area contributed by atoms with Crippen LogP contribution in [0, 0.1) is 6.92 Å². The highest BCUT2D eigenvalue weighted by Gasteiger charge is 2.25. The van der Waals surface area contributed by atoms with Crippen molar-refractivity contribution in [1.82, 2.24) is 24.6 Å². The average Bonchev–Trinajstić information content (AvgIpc) is 3.04. The maximum Gasteiger partial charge on any atom is 0.253 e. The van der Waals surface area contributed by atoms with E-state index < -0.39 is 0 Å². The van der Waals surface area contributed by atoms with Gasteiger partial charge in [-0.15, -0.1) is 0 Å². The van der Waals surface area contributed by atoms with Crippen LogP contribution in [-0.2, 0) is 11.3 Å². The first-order valence-corrected chi connectivity index (χ1v) is 12.5. The lowest BCUT2D eigenvalue weighted by Gasteiger charge is -2.24. The summed E-state index contributed by atoms with van der Waals surface area (Å²) in [6.45, 7) is 4.87. The number of methoxy groups -OCH3 is 1. The molecule has 0 aliphatic carbocycles. The van der Waals surface area contributed by atoms with Crippen molar-refractivity contribution >= 4 is 46.0 Å². The van der Waals surface area contributed by atoms with Crippen molar-refractivity contribution in [1.29, 1.82) is 0 Å². The van der Waals surface area contributed by atoms with Gasteiger partial charge in [0.15, 0.2) is 11.5 Å². The second-order valence-corrected chi connectivity index (χ2v) is 9.58. The molecule has 1 saturated heterocycles. The zero-order chi connectivity index (χ0) is 25.2. The fourth-order valence-electron chi connectivity index (χ4n) is 4.52. The van der Waals surface area contributed by atoms with Crippen LogP contribution in [-0.4, -0.2) is 63.8 Å². The number of benzene rings is 2. The molecule has 1 aliphatic heterocycles. The van der Waals surface area contributed by atoms with E-state index in [1.165, 1.54) is 0 Å². The molecule has 0 radical (unpaired) electrons. The fourth-order valence-corrected chi connectivity index (χ4v) is 4.83. The Morgan fingerprint density at radius 1 is 1.00 bits per heavy atom. The van der Waals surface area contributed by atoms with Gasteiger partial charge in [-0.05, 0) is 55.8 Å². The van der Waals surface area contributed by atoms with Crippen LogP contribution in [0.1, 0.15) is 28.3 Å². The van der Waals surface area contributed by atoms with E-state index in [-0.39, 0.29) is 12.5 Å². The number of carbonyl (C=O) groups excluding carboxylic acids is 1. The van der Waals surface area contributed by atoms with Gasteiger partial charge in [-0.2, -0.15) is 5.10 Å². The van der Waals surface area contributed by atoms with Gasteiger partial charge in [-0.3, -0.25) is 4.79 Å². The molecule has 0 bridgehead atoms. The molecule has 0 unspecified atom stereocenters. The summed E-state index contributed by atoms with van der Waals surface area (Å²) in [4.78, 5) is 26.9. The van der Waals surface area contributed by atoms with Crippen molar-refractivity contribution in [3.8, 4) is 5.69 Å². The van der Waals surface area contributed by atoms with Crippen LogP contribution in [0.2, 0.25) is 10.0 Å². The minimum atomic E-state index is 0.00591. The number of aromatic nitrogens is 4. The monoisotopic (exact) mass is 524 g/mol. The van der Waals surface area contributed by atoms with Gasteiger partial charge in [0.1, 0.15) is 12.4 Å². The average molecular weight is 525 g/mol. The highest BCUT2D eigenvalue weighted by atomic mass is 35.5.